The summed E-state index contributed by atoms with van der Waals surface area (Å²) in [6.45, 7) is -0.0000435. The van der Waals surface area contributed by atoms with Gasteiger partial charge in [-0.1, -0.05) is 18.2 Å². The molecule has 0 radical (unpaired) electrons. The number of sulfonamides is 1. The summed E-state index contributed by atoms with van der Waals surface area (Å²) >= 11 is 0. The molecule has 9 heteroatoms. The van der Waals surface area contributed by atoms with E-state index in [2.05, 4.69) is 9.71 Å². The number of halogens is 2. The minimum atomic E-state index is -3.37. The fourth-order valence-electron chi connectivity index (χ4n) is 5.92. The van der Waals surface area contributed by atoms with E-state index in [1.54, 1.807) is 30.5 Å². The van der Waals surface area contributed by atoms with Gasteiger partial charge in [-0.05, 0) is 60.9 Å². The van der Waals surface area contributed by atoms with E-state index in [9.17, 15) is 17.2 Å². The molecule has 3 aliphatic rings. The van der Waals surface area contributed by atoms with E-state index in [-0.39, 0.29) is 35.8 Å². The number of nitrogens with one attached hydrogen (secondary N) is 1. The van der Waals surface area contributed by atoms with Crippen molar-refractivity contribution in [3.63, 3.8) is 0 Å². The van der Waals surface area contributed by atoms with Gasteiger partial charge in [-0.25, -0.2) is 31.9 Å². The van der Waals surface area contributed by atoms with Crippen molar-refractivity contribution in [1.29, 1.82) is 0 Å². The van der Waals surface area contributed by atoms with E-state index in [4.69, 9.17) is 9.72 Å². The molecule has 1 spiro atoms. The van der Waals surface area contributed by atoms with Crippen molar-refractivity contribution in [1.82, 2.24) is 14.7 Å². The minimum Gasteiger partial charge on any atom is -0.484 e. The molecule has 4 atom stereocenters. The molecule has 1 N–H and O–H groups in total. The van der Waals surface area contributed by atoms with Gasteiger partial charge in [0, 0.05) is 28.8 Å². The van der Waals surface area contributed by atoms with Crippen LogP contribution in [0.2, 0.25) is 0 Å². The second kappa shape index (κ2) is 7.55. The maximum Gasteiger partial charge on any atom is 0.208 e. The van der Waals surface area contributed by atoms with Crippen LogP contribution in [0.5, 0.6) is 5.75 Å². The van der Waals surface area contributed by atoms with Crippen LogP contribution in [0.1, 0.15) is 29.9 Å². The predicted octanol–water partition coefficient (Wildman–Crippen LogP) is 3.75. The van der Waals surface area contributed by atoms with Crippen molar-refractivity contribution in [2.24, 2.45) is 11.8 Å². The van der Waals surface area contributed by atoms with Gasteiger partial charge in [0.15, 0.2) is 11.6 Å². The summed E-state index contributed by atoms with van der Waals surface area (Å²) in [4.78, 5) is 9.41. The van der Waals surface area contributed by atoms with Gasteiger partial charge in [-0.2, -0.15) is 0 Å². The third kappa shape index (κ3) is 3.58. The first kappa shape index (κ1) is 21.6. The zero-order valence-electron chi connectivity index (χ0n) is 18.5. The Morgan fingerprint density at radius 3 is 2.79 bits per heavy atom. The minimum absolute atomic E-state index is 0.0000435. The van der Waals surface area contributed by atoms with Gasteiger partial charge in [-0.3, -0.25) is 0 Å². The molecule has 6 rings (SSSR count). The van der Waals surface area contributed by atoms with Crippen molar-refractivity contribution in [3.05, 3.63) is 77.4 Å². The molecule has 0 unspecified atom stereocenters. The molecule has 3 aromatic rings. The van der Waals surface area contributed by atoms with Crippen LogP contribution in [0.3, 0.4) is 0 Å². The highest BCUT2D eigenvalue weighted by atomic mass is 32.2. The van der Waals surface area contributed by atoms with E-state index in [0.29, 0.717) is 29.9 Å². The fourth-order valence-corrected chi connectivity index (χ4v) is 6.72. The molecule has 2 heterocycles. The Morgan fingerprint density at radius 1 is 1.12 bits per heavy atom. The lowest BCUT2D eigenvalue weighted by molar-refractivity contribution is 0.282. The van der Waals surface area contributed by atoms with Crippen LogP contribution in [0.25, 0.3) is 11.1 Å². The molecule has 2 aliphatic carbocycles. The average Bonchev–Trinajstić information content (AvgIpc) is 3.54. The average molecular weight is 484 g/mol. The molecule has 6 nitrogen and oxygen atoms in total. The number of ether oxygens (including phenoxy) is 1. The van der Waals surface area contributed by atoms with Gasteiger partial charge < -0.3 is 4.74 Å². The molecule has 2 aromatic carbocycles. The molecule has 2 saturated carbocycles. The van der Waals surface area contributed by atoms with Gasteiger partial charge in [0.25, 0.3) is 0 Å². The van der Waals surface area contributed by atoms with Crippen LogP contribution in [-0.4, -0.2) is 30.7 Å². The van der Waals surface area contributed by atoms with Crippen LogP contribution >= 0.6 is 0 Å². The van der Waals surface area contributed by atoms with Crippen molar-refractivity contribution in [3.8, 4) is 16.9 Å². The number of benzene rings is 2. The molecule has 0 amide bonds. The monoisotopic (exact) mass is 483 g/mol. The van der Waals surface area contributed by atoms with Gasteiger partial charge in [0.1, 0.15) is 18.2 Å². The Kier molecular flexibility index (Phi) is 4.80. The normalized spacial score (nSPS) is 27.2. The second-order valence-electron chi connectivity index (χ2n) is 9.63. The number of nitrogens with zero attached hydrogens (tertiary/aromatic N) is 2. The van der Waals surface area contributed by atoms with Crippen molar-refractivity contribution in [2.45, 2.75) is 37.3 Å². The number of fused-ring (bicyclic) bond motifs is 9. The van der Waals surface area contributed by atoms with Crippen molar-refractivity contribution < 1.29 is 21.9 Å². The summed E-state index contributed by atoms with van der Waals surface area (Å²) in [5.74, 6) is -0.0116. The lowest BCUT2D eigenvalue weighted by Gasteiger charge is -2.32. The number of para-hydroxylation sites is 1. The number of aromatic nitrogens is 2. The third-order valence-electron chi connectivity index (χ3n) is 7.35. The number of hydrogen-bond acceptors (Lipinski definition) is 5. The molecule has 34 heavy (non-hydrogen) atoms. The summed E-state index contributed by atoms with van der Waals surface area (Å²) in [6.07, 6.45) is 4.80. The summed E-state index contributed by atoms with van der Waals surface area (Å²) < 4.78 is 62.3. The summed E-state index contributed by atoms with van der Waals surface area (Å²) in [6, 6.07) is 10.8. The number of rotatable bonds is 2. The SMILES string of the molecule is CS(=O)(=O)N[C@@H]1C[C@]2(Cc3ccc(F)c(c3)-c3cccc(F)c3OCc3ccnc2n3)[C@H]2C[C@@H]12. The van der Waals surface area contributed by atoms with Crippen LogP contribution in [0, 0.1) is 23.5 Å². The quantitative estimate of drug-likeness (QED) is 0.601. The Hall–Kier alpha value is -2.91. The lowest BCUT2D eigenvalue weighted by atomic mass is 9.75. The summed E-state index contributed by atoms with van der Waals surface area (Å²) in [5.41, 5.74) is 1.55. The second-order valence-corrected chi connectivity index (χ2v) is 11.4. The topological polar surface area (TPSA) is 81.2 Å². The van der Waals surface area contributed by atoms with E-state index >= 15 is 0 Å². The van der Waals surface area contributed by atoms with E-state index < -0.39 is 27.1 Å². The zero-order chi connectivity index (χ0) is 23.7. The fraction of sp³-hybridized carbons (Fsp3) is 0.360. The molecule has 4 bridgehead atoms. The Morgan fingerprint density at radius 2 is 1.97 bits per heavy atom. The molecule has 176 valence electrons. The van der Waals surface area contributed by atoms with Crippen LogP contribution < -0.4 is 9.46 Å². The van der Waals surface area contributed by atoms with Crippen molar-refractivity contribution in [2.75, 3.05) is 6.26 Å². The first-order valence-electron chi connectivity index (χ1n) is 11.2. The summed E-state index contributed by atoms with van der Waals surface area (Å²) in [5, 5.41) is 0. The van der Waals surface area contributed by atoms with Gasteiger partial charge in [0.2, 0.25) is 10.0 Å². The van der Waals surface area contributed by atoms with Gasteiger partial charge in [-0.15, -0.1) is 0 Å². The molecular weight excluding hydrogens is 460 g/mol. The smallest absolute Gasteiger partial charge is 0.208 e. The van der Waals surface area contributed by atoms with E-state index in [1.807, 2.05) is 0 Å². The highest BCUT2D eigenvalue weighted by Gasteiger charge is 2.64. The highest BCUT2D eigenvalue weighted by molar-refractivity contribution is 7.88. The van der Waals surface area contributed by atoms with Crippen LogP contribution in [-0.2, 0) is 28.5 Å². The van der Waals surface area contributed by atoms with Crippen LogP contribution in [0.4, 0.5) is 8.78 Å². The van der Waals surface area contributed by atoms with Crippen LogP contribution in [0.15, 0.2) is 48.7 Å². The standard InChI is InChI=1S/C25H23F2N3O3S/c1-34(31,32)30-22-12-25(19-10-18(19)22)11-14-5-6-20(26)17(9-14)16-3-2-4-21(27)23(16)33-13-15-7-8-28-24(25)29-15/h2-9,18-19,22,30H,10-13H2,1H3/t18-,19+,22-,25-/m1/s1. The zero-order valence-corrected chi connectivity index (χ0v) is 19.3. The number of hydrogen-bond donors (Lipinski definition) is 1. The Balaban J connectivity index is 1.52. The van der Waals surface area contributed by atoms with Gasteiger partial charge >= 0.3 is 0 Å². The molecular formula is C25H23F2N3O3S. The maximum absolute atomic E-state index is 15.0. The lowest BCUT2D eigenvalue weighted by Crippen LogP contribution is -2.39. The van der Waals surface area contributed by atoms with E-state index in [1.165, 1.54) is 24.5 Å². The predicted molar refractivity (Wildman–Crippen MR) is 122 cm³/mol. The van der Waals surface area contributed by atoms with E-state index in [0.717, 1.165) is 12.0 Å². The highest BCUT2D eigenvalue weighted by Crippen LogP contribution is 2.63. The molecule has 2 fully saturated rings. The molecule has 1 aromatic heterocycles. The molecule has 0 saturated heterocycles. The Bertz CT molecular complexity index is 1410. The maximum atomic E-state index is 15.0. The molecule has 1 aliphatic heterocycles. The summed E-state index contributed by atoms with van der Waals surface area (Å²) in [7, 11) is -3.37. The van der Waals surface area contributed by atoms with Gasteiger partial charge in [0.05, 0.1) is 11.9 Å². The first-order valence-corrected chi connectivity index (χ1v) is 13.1. The first-order chi connectivity index (χ1) is 16.2. The Labute approximate surface area is 196 Å². The van der Waals surface area contributed by atoms with Crippen molar-refractivity contribution >= 4 is 10.0 Å². The third-order valence-corrected chi connectivity index (χ3v) is 8.08. The largest absolute Gasteiger partial charge is 0.484 e.